The van der Waals surface area contributed by atoms with Crippen molar-refractivity contribution in [2.24, 2.45) is 16.5 Å². The average molecular weight is 259 g/mol. The minimum absolute atomic E-state index is 0.0442. The normalized spacial score (nSPS) is 14.4. The monoisotopic (exact) mass is 259 g/mol. The number of hydrogen-bond donors (Lipinski definition) is 2. The Balaban J connectivity index is 2.10. The van der Waals surface area contributed by atoms with Crippen molar-refractivity contribution < 1.29 is 4.79 Å². The van der Waals surface area contributed by atoms with Crippen LogP contribution in [0.5, 0.6) is 0 Å². The molecule has 1 aliphatic heterocycles. The number of hydrogen-bond acceptors (Lipinski definition) is 3. The Bertz CT molecular complexity index is 516. The molecule has 1 amide bonds. The van der Waals surface area contributed by atoms with Gasteiger partial charge in [0.2, 0.25) is 5.91 Å². The van der Waals surface area contributed by atoms with Crippen molar-refractivity contribution in [3.63, 3.8) is 0 Å². The predicted molar refractivity (Wildman–Crippen MR) is 75.8 cm³/mol. The molecule has 6 nitrogen and oxygen atoms in total. The van der Waals surface area contributed by atoms with Crippen molar-refractivity contribution in [3.05, 3.63) is 36.7 Å². The molecule has 1 heterocycles. The van der Waals surface area contributed by atoms with Crippen molar-refractivity contribution >= 4 is 23.2 Å². The number of carbonyl (C=O) groups is 1. The molecule has 4 N–H and O–H groups in total. The highest BCUT2D eigenvalue weighted by atomic mass is 16.2. The predicted octanol–water partition coefficient (Wildman–Crippen LogP) is 0.731. The van der Waals surface area contributed by atoms with E-state index in [1.807, 2.05) is 30.5 Å². The number of anilines is 1. The van der Waals surface area contributed by atoms with Crippen LogP contribution < -0.4 is 16.4 Å². The van der Waals surface area contributed by atoms with Crippen molar-refractivity contribution in [2.45, 2.75) is 6.92 Å². The average Bonchev–Trinajstić information content (AvgIpc) is 2.39. The van der Waals surface area contributed by atoms with E-state index in [2.05, 4.69) is 9.89 Å². The number of carbonyl (C=O) groups excluding carboxylic acids is 1. The molecule has 6 heteroatoms. The molecule has 0 aromatic heterocycles. The van der Waals surface area contributed by atoms with E-state index in [1.54, 1.807) is 18.0 Å². The second kappa shape index (κ2) is 5.43. The highest BCUT2D eigenvalue weighted by molar-refractivity contribution is 5.79. The van der Waals surface area contributed by atoms with Crippen LogP contribution in [0.2, 0.25) is 0 Å². The molecule has 0 saturated heterocycles. The van der Waals surface area contributed by atoms with Crippen LogP contribution >= 0.6 is 0 Å². The molecule has 0 unspecified atom stereocenters. The lowest BCUT2D eigenvalue weighted by molar-refractivity contribution is -0.126. The van der Waals surface area contributed by atoms with Crippen molar-refractivity contribution in [1.29, 1.82) is 0 Å². The topological polar surface area (TPSA) is 88.0 Å². The molecule has 0 spiro atoms. The fourth-order valence-electron chi connectivity index (χ4n) is 1.87. The third-order valence-corrected chi connectivity index (χ3v) is 2.85. The van der Waals surface area contributed by atoms with Gasteiger partial charge in [0.1, 0.15) is 0 Å². The van der Waals surface area contributed by atoms with Gasteiger partial charge in [-0.1, -0.05) is 0 Å². The summed E-state index contributed by atoms with van der Waals surface area (Å²) in [7, 11) is 0. The van der Waals surface area contributed by atoms with Crippen LogP contribution in [0, 0.1) is 0 Å². The van der Waals surface area contributed by atoms with E-state index in [0.29, 0.717) is 6.54 Å². The fraction of sp³-hybridized carbons (Fsp3) is 0.231. The Morgan fingerprint density at radius 3 is 2.32 bits per heavy atom. The van der Waals surface area contributed by atoms with Gasteiger partial charge in [-0.3, -0.25) is 4.79 Å². The van der Waals surface area contributed by atoms with Crippen LogP contribution in [-0.4, -0.2) is 29.9 Å². The largest absolute Gasteiger partial charge is 0.370 e. The molecular weight excluding hydrogens is 242 g/mol. The Morgan fingerprint density at radius 1 is 1.16 bits per heavy atom. The molecule has 100 valence electrons. The second-order valence-corrected chi connectivity index (χ2v) is 4.26. The molecule has 2 rings (SSSR count). The minimum atomic E-state index is 0.0442. The molecule has 1 aromatic rings. The van der Waals surface area contributed by atoms with E-state index in [-0.39, 0.29) is 11.9 Å². The van der Waals surface area contributed by atoms with E-state index < -0.39 is 0 Å². The molecule has 0 bridgehead atoms. The van der Waals surface area contributed by atoms with Crippen LogP contribution in [0.15, 0.2) is 41.7 Å². The van der Waals surface area contributed by atoms with Gasteiger partial charge in [0, 0.05) is 38.1 Å². The lowest BCUT2D eigenvalue weighted by Crippen LogP contribution is -2.36. The maximum absolute atomic E-state index is 11.2. The number of benzene rings is 1. The first-order valence-corrected chi connectivity index (χ1v) is 5.98. The highest BCUT2D eigenvalue weighted by Crippen LogP contribution is 2.21. The van der Waals surface area contributed by atoms with E-state index in [1.165, 1.54) is 0 Å². The molecule has 1 aromatic carbocycles. The maximum atomic E-state index is 11.2. The van der Waals surface area contributed by atoms with Crippen molar-refractivity contribution in [1.82, 2.24) is 4.90 Å². The fourth-order valence-corrected chi connectivity index (χ4v) is 1.87. The molecule has 1 aliphatic rings. The summed E-state index contributed by atoms with van der Waals surface area (Å²) in [4.78, 5) is 18.9. The third kappa shape index (κ3) is 3.25. The summed E-state index contributed by atoms with van der Waals surface area (Å²) < 4.78 is 0. The molecule has 0 aliphatic carbocycles. The second-order valence-electron chi connectivity index (χ2n) is 4.26. The SMILES string of the molecule is CC(=O)N1C=CN(c2ccc(N=C(N)N)cc2)CC1. The van der Waals surface area contributed by atoms with E-state index >= 15 is 0 Å². The Morgan fingerprint density at radius 2 is 1.84 bits per heavy atom. The number of nitrogens with two attached hydrogens (primary N) is 2. The van der Waals surface area contributed by atoms with E-state index in [4.69, 9.17) is 11.5 Å². The summed E-state index contributed by atoms with van der Waals surface area (Å²) >= 11 is 0. The van der Waals surface area contributed by atoms with Gasteiger partial charge in [0.25, 0.3) is 0 Å². The zero-order valence-corrected chi connectivity index (χ0v) is 10.8. The Hall–Kier alpha value is -2.50. The Labute approximate surface area is 112 Å². The zero-order chi connectivity index (χ0) is 13.8. The first-order valence-electron chi connectivity index (χ1n) is 5.98. The number of aliphatic imine (C=N–C) groups is 1. The molecular formula is C13H17N5O. The van der Waals surface area contributed by atoms with Gasteiger partial charge >= 0.3 is 0 Å². The molecule has 0 atom stereocenters. The van der Waals surface area contributed by atoms with Gasteiger partial charge in [-0.15, -0.1) is 0 Å². The number of guanidine groups is 1. The first kappa shape index (κ1) is 12.9. The quantitative estimate of drug-likeness (QED) is 0.605. The molecule has 0 radical (unpaired) electrons. The summed E-state index contributed by atoms with van der Waals surface area (Å²) in [6.07, 6.45) is 3.68. The van der Waals surface area contributed by atoms with Gasteiger partial charge in [-0.25, -0.2) is 4.99 Å². The van der Waals surface area contributed by atoms with Crippen LogP contribution in [-0.2, 0) is 4.79 Å². The first-order chi connectivity index (χ1) is 9.06. The molecule has 19 heavy (non-hydrogen) atoms. The van der Waals surface area contributed by atoms with E-state index in [9.17, 15) is 4.79 Å². The summed E-state index contributed by atoms with van der Waals surface area (Å²) in [5.41, 5.74) is 12.4. The number of amides is 1. The van der Waals surface area contributed by atoms with Gasteiger partial charge < -0.3 is 21.3 Å². The Kier molecular flexibility index (Phi) is 3.70. The zero-order valence-electron chi connectivity index (χ0n) is 10.8. The van der Waals surface area contributed by atoms with Crippen LogP contribution in [0.3, 0.4) is 0 Å². The van der Waals surface area contributed by atoms with Crippen molar-refractivity contribution in [2.75, 3.05) is 18.0 Å². The summed E-state index contributed by atoms with van der Waals surface area (Å²) in [6.45, 7) is 3.00. The lowest BCUT2D eigenvalue weighted by Gasteiger charge is -2.29. The van der Waals surface area contributed by atoms with Crippen LogP contribution in [0.1, 0.15) is 6.92 Å². The summed E-state index contributed by atoms with van der Waals surface area (Å²) in [6, 6.07) is 7.57. The lowest BCUT2D eigenvalue weighted by atomic mass is 10.2. The van der Waals surface area contributed by atoms with Gasteiger partial charge in [-0.05, 0) is 24.3 Å². The minimum Gasteiger partial charge on any atom is -0.370 e. The third-order valence-electron chi connectivity index (χ3n) is 2.85. The number of nitrogens with zero attached hydrogens (tertiary/aromatic N) is 3. The highest BCUT2D eigenvalue weighted by Gasteiger charge is 2.13. The van der Waals surface area contributed by atoms with E-state index in [0.717, 1.165) is 17.9 Å². The van der Waals surface area contributed by atoms with Crippen molar-refractivity contribution in [3.8, 4) is 0 Å². The van der Waals surface area contributed by atoms with Gasteiger partial charge in [-0.2, -0.15) is 0 Å². The number of rotatable bonds is 2. The molecule has 0 fully saturated rings. The van der Waals surface area contributed by atoms with Crippen LogP contribution in [0.4, 0.5) is 11.4 Å². The maximum Gasteiger partial charge on any atom is 0.223 e. The van der Waals surface area contributed by atoms with Gasteiger partial charge in [0.05, 0.1) is 5.69 Å². The standard InChI is InChI=1S/C13H17N5O/c1-10(19)17-6-8-18(9-7-17)12-4-2-11(3-5-12)16-13(14)15/h2-6,8H,7,9H2,1H3,(H4,14,15,16). The van der Waals surface area contributed by atoms with Crippen LogP contribution in [0.25, 0.3) is 0 Å². The molecule has 0 saturated carbocycles. The smallest absolute Gasteiger partial charge is 0.223 e. The summed E-state index contributed by atoms with van der Waals surface area (Å²) in [5.74, 6) is 0.0988. The summed E-state index contributed by atoms with van der Waals surface area (Å²) in [5, 5.41) is 0. The van der Waals surface area contributed by atoms with Gasteiger partial charge in [0.15, 0.2) is 5.96 Å².